The van der Waals surface area contributed by atoms with Crippen LogP contribution in [0.4, 0.5) is 0 Å². The van der Waals surface area contributed by atoms with Gasteiger partial charge in [0.25, 0.3) is 0 Å². The molecule has 0 aromatic carbocycles. The minimum Gasteiger partial charge on any atom is -0.379 e. The predicted molar refractivity (Wildman–Crippen MR) is 50.0 cm³/mol. The minimum atomic E-state index is 0.0623. The van der Waals surface area contributed by atoms with E-state index in [0.29, 0.717) is 13.2 Å². The van der Waals surface area contributed by atoms with Crippen molar-refractivity contribution in [3.63, 3.8) is 0 Å². The first-order valence-corrected chi connectivity index (χ1v) is 4.62. The molecule has 2 unspecified atom stereocenters. The lowest BCUT2D eigenvalue weighted by Crippen LogP contribution is -2.51. The Kier molecular flexibility index (Phi) is 4.61. The van der Waals surface area contributed by atoms with Crippen LogP contribution in [-0.2, 0) is 9.47 Å². The van der Waals surface area contributed by atoms with Crippen molar-refractivity contribution in [1.82, 2.24) is 5.01 Å². The van der Waals surface area contributed by atoms with E-state index in [1.807, 2.05) is 0 Å². The summed E-state index contributed by atoms with van der Waals surface area (Å²) in [4.78, 5) is 0. The van der Waals surface area contributed by atoms with E-state index in [-0.39, 0.29) is 12.2 Å². The van der Waals surface area contributed by atoms with Gasteiger partial charge in [0, 0.05) is 20.2 Å². The Balaban J connectivity index is 2.37. The van der Waals surface area contributed by atoms with Crippen molar-refractivity contribution in [2.75, 3.05) is 33.4 Å². The Bertz CT molecular complexity index is 145. The van der Waals surface area contributed by atoms with E-state index in [2.05, 4.69) is 0 Å². The number of nitrogens with two attached hydrogens (primary N) is 2. The maximum Gasteiger partial charge on any atom is 0.0978 e. The standard InChI is InChI=1S/C8H19N3O2/c1-12-7(2-3-9)8-6-11(10)4-5-13-8/h7-8H,2-6,9-10H2,1H3. The van der Waals surface area contributed by atoms with E-state index >= 15 is 0 Å². The number of hydrogen-bond donors (Lipinski definition) is 2. The quantitative estimate of drug-likeness (QED) is 0.551. The molecule has 0 saturated carbocycles. The molecule has 0 aromatic rings. The van der Waals surface area contributed by atoms with Crippen molar-refractivity contribution in [2.24, 2.45) is 11.6 Å². The Hall–Kier alpha value is -0.200. The monoisotopic (exact) mass is 189 g/mol. The highest BCUT2D eigenvalue weighted by molar-refractivity contribution is 4.76. The SMILES string of the molecule is COC(CCN)C1CN(N)CCO1. The average Bonchev–Trinajstić information content (AvgIpc) is 2.14. The number of morpholine rings is 1. The first kappa shape index (κ1) is 10.9. The molecule has 0 radical (unpaired) electrons. The summed E-state index contributed by atoms with van der Waals surface area (Å²) in [5.41, 5.74) is 5.47. The molecule has 13 heavy (non-hydrogen) atoms. The maximum absolute atomic E-state index is 5.68. The van der Waals surface area contributed by atoms with Gasteiger partial charge in [-0.25, -0.2) is 5.01 Å². The van der Waals surface area contributed by atoms with Crippen LogP contribution in [-0.4, -0.2) is 50.6 Å². The number of hydrogen-bond acceptors (Lipinski definition) is 5. The second-order valence-corrected chi connectivity index (χ2v) is 3.26. The Labute approximate surface area is 78.9 Å². The Morgan fingerprint density at radius 3 is 3.00 bits per heavy atom. The number of methoxy groups -OCH3 is 1. The Morgan fingerprint density at radius 2 is 2.46 bits per heavy atom. The first-order valence-electron chi connectivity index (χ1n) is 4.62. The molecule has 0 aliphatic carbocycles. The zero-order chi connectivity index (χ0) is 9.68. The van der Waals surface area contributed by atoms with Gasteiger partial charge in [-0.3, -0.25) is 5.84 Å². The third-order valence-corrected chi connectivity index (χ3v) is 2.29. The second-order valence-electron chi connectivity index (χ2n) is 3.26. The van der Waals surface area contributed by atoms with Crippen LogP contribution in [0.1, 0.15) is 6.42 Å². The van der Waals surface area contributed by atoms with Crippen molar-refractivity contribution >= 4 is 0 Å². The predicted octanol–water partition coefficient (Wildman–Crippen LogP) is -1.08. The van der Waals surface area contributed by atoms with Crippen LogP contribution in [0.25, 0.3) is 0 Å². The molecule has 1 aliphatic rings. The van der Waals surface area contributed by atoms with E-state index in [1.54, 1.807) is 12.1 Å². The van der Waals surface area contributed by atoms with Crippen LogP contribution in [0.15, 0.2) is 0 Å². The third-order valence-electron chi connectivity index (χ3n) is 2.29. The second kappa shape index (κ2) is 5.51. The zero-order valence-corrected chi connectivity index (χ0v) is 8.11. The van der Waals surface area contributed by atoms with Crippen molar-refractivity contribution < 1.29 is 9.47 Å². The summed E-state index contributed by atoms with van der Waals surface area (Å²) in [6.45, 7) is 2.79. The molecular weight excluding hydrogens is 170 g/mol. The average molecular weight is 189 g/mol. The summed E-state index contributed by atoms with van der Waals surface area (Å²) in [5, 5.41) is 1.76. The number of hydrazine groups is 1. The molecule has 1 aliphatic heterocycles. The number of nitrogens with zero attached hydrogens (tertiary/aromatic N) is 1. The molecule has 0 aromatic heterocycles. The Morgan fingerprint density at radius 1 is 1.69 bits per heavy atom. The molecule has 2 atom stereocenters. The smallest absolute Gasteiger partial charge is 0.0978 e. The van der Waals surface area contributed by atoms with Crippen LogP contribution < -0.4 is 11.6 Å². The van der Waals surface area contributed by atoms with E-state index in [9.17, 15) is 0 Å². The van der Waals surface area contributed by atoms with E-state index in [1.165, 1.54) is 0 Å². The summed E-state index contributed by atoms with van der Waals surface area (Å²) >= 11 is 0. The minimum absolute atomic E-state index is 0.0623. The van der Waals surface area contributed by atoms with Crippen LogP contribution in [0.5, 0.6) is 0 Å². The van der Waals surface area contributed by atoms with Crippen molar-refractivity contribution in [3.8, 4) is 0 Å². The van der Waals surface area contributed by atoms with Gasteiger partial charge in [-0.1, -0.05) is 0 Å². The van der Waals surface area contributed by atoms with Crippen molar-refractivity contribution in [2.45, 2.75) is 18.6 Å². The van der Waals surface area contributed by atoms with Gasteiger partial charge in [-0.15, -0.1) is 0 Å². The van der Waals surface area contributed by atoms with Crippen LogP contribution in [0.3, 0.4) is 0 Å². The normalized spacial score (nSPS) is 27.5. The lowest BCUT2D eigenvalue weighted by molar-refractivity contribution is -0.102. The molecule has 4 N–H and O–H groups in total. The molecule has 5 heteroatoms. The largest absolute Gasteiger partial charge is 0.379 e. The summed E-state index contributed by atoms with van der Waals surface area (Å²) in [6.07, 6.45) is 0.943. The lowest BCUT2D eigenvalue weighted by Gasteiger charge is -2.33. The summed E-state index contributed by atoms with van der Waals surface area (Å²) < 4.78 is 10.8. The summed E-state index contributed by atoms with van der Waals surface area (Å²) in [7, 11) is 1.68. The van der Waals surface area contributed by atoms with Crippen LogP contribution >= 0.6 is 0 Å². The fraction of sp³-hybridized carbons (Fsp3) is 1.00. The molecule has 78 valence electrons. The molecule has 1 fully saturated rings. The lowest BCUT2D eigenvalue weighted by atomic mass is 10.1. The molecular formula is C8H19N3O2. The van der Waals surface area contributed by atoms with Gasteiger partial charge in [0.1, 0.15) is 0 Å². The van der Waals surface area contributed by atoms with Gasteiger partial charge in [0.05, 0.1) is 18.8 Å². The fourth-order valence-corrected chi connectivity index (χ4v) is 1.54. The molecule has 1 heterocycles. The highest BCUT2D eigenvalue weighted by Gasteiger charge is 2.26. The molecule has 5 nitrogen and oxygen atoms in total. The highest BCUT2D eigenvalue weighted by Crippen LogP contribution is 2.11. The van der Waals surface area contributed by atoms with E-state index < -0.39 is 0 Å². The zero-order valence-electron chi connectivity index (χ0n) is 8.11. The topological polar surface area (TPSA) is 73.7 Å². The number of rotatable bonds is 4. The fourth-order valence-electron chi connectivity index (χ4n) is 1.54. The van der Waals surface area contributed by atoms with Crippen LogP contribution in [0.2, 0.25) is 0 Å². The molecule has 0 spiro atoms. The van der Waals surface area contributed by atoms with Crippen molar-refractivity contribution in [1.29, 1.82) is 0 Å². The third kappa shape index (κ3) is 3.21. The van der Waals surface area contributed by atoms with Gasteiger partial charge in [-0.05, 0) is 13.0 Å². The van der Waals surface area contributed by atoms with Gasteiger partial charge in [0.2, 0.25) is 0 Å². The van der Waals surface area contributed by atoms with Gasteiger partial charge < -0.3 is 15.2 Å². The summed E-state index contributed by atoms with van der Waals surface area (Å²) in [6, 6.07) is 0. The van der Waals surface area contributed by atoms with Gasteiger partial charge in [0.15, 0.2) is 0 Å². The summed E-state index contributed by atoms with van der Waals surface area (Å²) in [5.74, 6) is 5.68. The first-order chi connectivity index (χ1) is 6.27. The van der Waals surface area contributed by atoms with Crippen molar-refractivity contribution in [3.05, 3.63) is 0 Å². The molecule has 0 amide bonds. The maximum atomic E-state index is 5.68. The highest BCUT2D eigenvalue weighted by atomic mass is 16.5. The van der Waals surface area contributed by atoms with Gasteiger partial charge >= 0.3 is 0 Å². The molecule has 0 bridgehead atoms. The van der Waals surface area contributed by atoms with E-state index in [4.69, 9.17) is 21.1 Å². The molecule has 1 rings (SSSR count). The van der Waals surface area contributed by atoms with Crippen LogP contribution in [0, 0.1) is 0 Å². The number of ether oxygens (including phenoxy) is 2. The van der Waals surface area contributed by atoms with Gasteiger partial charge in [-0.2, -0.15) is 0 Å². The molecule has 1 saturated heterocycles. The van der Waals surface area contributed by atoms with E-state index in [0.717, 1.165) is 19.5 Å².